The van der Waals surface area contributed by atoms with Crippen molar-refractivity contribution >= 4 is 21.4 Å². The Kier molecular flexibility index (Phi) is 5.49. The van der Waals surface area contributed by atoms with Gasteiger partial charge in [-0.2, -0.15) is 0 Å². The van der Waals surface area contributed by atoms with Gasteiger partial charge in [-0.05, 0) is 45.7 Å². The lowest BCUT2D eigenvalue weighted by molar-refractivity contribution is -0.119. The third kappa shape index (κ3) is 4.45. The Labute approximate surface area is 143 Å². The molecule has 8 heteroatoms. The summed E-state index contributed by atoms with van der Waals surface area (Å²) >= 11 is 0. The summed E-state index contributed by atoms with van der Waals surface area (Å²) in [5.41, 5.74) is 6.01. The fraction of sp³-hybridized carbons (Fsp3) is 0.625. The predicted molar refractivity (Wildman–Crippen MR) is 93.5 cm³/mol. The van der Waals surface area contributed by atoms with Gasteiger partial charge in [0.2, 0.25) is 5.91 Å². The molecule has 1 fully saturated rings. The van der Waals surface area contributed by atoms with E-state index in [1.165, 1.54) is 0 Å². The maximum atomic E-state index is 12.4. The molecular weight excluding hydrogens is 328 g/mol. The molecule has 1 aliphatic rings. The molecule has 0 bridgehead atoms. The lowest BCUT2D eigenvalue weighted by atomic mass is 10.0. The predicted octanol–water partition coefficient (Wildman–Crippen LogP) is 1.02. The van der Waals surface area contributed by atoms with Gasteiger partial charge in [0.05, 0.1) is 23.2 Å². The lowest BCUT2D eigenvalue weighted by Crippen LogP contribution is -2.42. The van der Waals surface area contributed by atoms with Gasteiger partial charge in [0, 0.05) is 19.1 Å². The van der Waals surface area contributed by atoms with Gasteiger partial charge >= 0.3 is 0 Å². The third-order valence-electron chi connectivity index (χ3n) is 4.16. The second-order valence-electron chi connectivity index (χ2n) is 7.16. The van der Waals surface area contributed by atoms with Crippen LogP contribution in [0.4, 0.5) is 5.69 Å². The van der Waals surface area contributed by atoms with Crippen molar-refractivity contribution in [3.63, 3.8) is 0 Å². The van der Waals surface area contributed by atoms with Gasteiger partial charge in [0.15, 0.2) is 14.9 Å². The molecule has 134 valence electrons. The Morgan fingerprint density at radius 3 is 2.42 bits per heavy atom. The molecule has 1 aromatic heterocycles. The number of hydrogen-bond acceptors (Lipinski definition) is 6. The zero-order valence-electron chi connectivity index (χ0n) is 14.4. The summed E-state index contributed by atoms with van der Waals surface area (Å²) in [5, 5.41) is 3.47. The average Bonchev–Trinajstić information content (AvgIpc) is 2.48. The number of carbonyl (C=O) groups excluding carboxylic acids is 1. The molecule has 24 heavy (non-hydrogen) atoms. The van der Waals surface area contributed by atoms with E-state index in [2.05, 4.69) is 10.3 Å². The van der Waals surface area contributed by atoms with E-state index in [-0.39, 0.29) is 17.0 Å². The van der Waals surface area contributed by atoms with Crippen LogP contribution in [0.2, 0.25) is 0 Å². The summed E-state index contributed by atoms with van der Waals surface area (Å²) in [5.74, 6) is -0.304. The molecule has 2 heterocycles. The first-order valence-electron chi connectivity index (χ1n) is 8.07. The van der Waals surface area contributed by atoms with Crippen molar-refractivity contribution in [1.29, 1.82) is 0 Å². The highest BCUT2D eigenvalue weighted by Gasteiger charge is 2.32. The van der Waals surface area contributed by atoms with E-state index in [0.717, 1.165) is 31.6 Å². The SMILES string of the molecule is CC(C)(C)S(=O)(=O)c1ccc(NC2CCN(CC(N)=O)CC2)cn1. The lowest BCUT2D eigenvalue weighted by Gasteiger charge is -2.32. The van der Waals surface area contributed by atoms with Crippen LogP contribution in [0.3, 0.4) is 0 Å². The normalized spacial score (nSPS) is 17.6. The fourth-order valence-corrected chi connectivity index (χ4v) is 3.70. The van der Waals surface area contributed by atoms with Gasteiger partial charge in [-0.1, -0.05) is 0 Å². The molecule has 0 aromatic carbocycles. The van der Waals surface area contributed by atoms with Crippen LogP contribution in [0, 0.1) is 0 Å². The van der Waals surface area contributed by atoms with Crippen molar-refractivity contribution in [3.05, 3.63) is 18.3 Å². The van der Waals surface area contributed by atoms with Crippen LogP contribution >= 0.6 is 0 Å². The van der Waals surface area contributed by atoms with Crippen LogP contribution < -0.4 is 11.1 Å². The Morgan fingerprint density at radius 1 is 1.33 bits per heavy atom. The highest BCUT2D eigenvalue weighted by atomic mass is 32.2. The summed E-state index contributed by atoms with van der Waals surface area (Å²) in [6.07, 6.45) is 3.36. The number of rotatable bonds is 5. The smallest absolute Gasteiger partial charge is 0.231 e. The zero-order chi connectivity index (χ0) is 18.0. The minimum atomic E-state index is -3.43. The van der Waals surface area contributed by atoms with Gasteiger partial charge in [0.25, 0.3) is 0 Å². The molecule has 2 rings (SSSR count). The van der Waals surface area contributed by atoms with Gasteiger partial charge in [-0.15, -0.1) is 0 Å². The highest BCUT2D eigenvalue weighted by Crippen LogP contribution is 2.24. The molecule has 1 aromatic rings. The molecule has 1 aliphatic heterocycles. The van der Waals surface area contributed by atoms with Crippen LogP contribution in [-0.4, -0.2) is 54.6 Å². The molecule has 1 amide bonds. The second-order valence-corrected chi connectivity index (χ2v) is 9.81. The maximum Gasteiger partial charge on any atom is 0.231 e. The number of nitrogens with one attached hydrogen (secondary N) is 1. The van der Waals surface area contributed by atoms with Gasteiger partial charge < -0.3 is 11.1 Å². The zero-order valence-corrected chi connectivity index (χ0v) is 15.3. The van der Waals surface area contributed by atoms with Gasteiger partial charge in [0.1, 0.15) is 0 Å². The molecule has 7 nitrogen and oxygen atoms in total. The number of likely N-dealkylation sites (tertiary alicyclic amines) is 1. The number of aromatic nitrogens is 1. The van der Waals surface area contributed by atoms with E-state index in [1.807, 2.05) is 4.90 Å². The molecule has 3 N–H and O–H groups in total. The minimum Gasteiger partial charge on any atom is -0.381 e. The molecule has 0 aliphatic carbocycles. The number of piperidine rings is 1. The van der Waals surface area contributed by atoms with Crippen molar-refractivity contribution in [2.24, 2.45) is 5.73 Å². The van der Waals surface area contributed by atoms with Crippen LogP contribution in [0.5, 0.6) is 0 Å². The van der Waals surface area contributed by atoms with Crippen LogP contribution in [0.25, 0.3) is 0 Å². The first-order chi connectivity index (χ1) is 11.1. The fourth-order valence-electron chi connectivity index (χ4n) is 2.63. The van der Waals surface area contributed by atoms with Crippen molar-refractivity contribution in [3.8, 4) is 0 Å². The molecule has 0 spiro atoms. The summed E-state index contributed by atoms with van der Waals surface area (Å²) in [6, 6.07) is 3.58. The van der Waals surface area contributed by atoms with Crippen molar-refractivity contribution in [1.82, 2.24) is 9.88 Å². The number of pyridine rings is 1. The Morgan fingerprint density at radius 2 is 1.96 bits per heavy atom. The van der Waals surface area contributed by atoms with E-state index in [1.54, 1.807) is 39.1 Å². The van der Waals surface area contributed by atoms with Crippen molar-refractivity contribution < 1.29 is 13.2 Å². The number of hydrogen-bond donors (Lipinski definition) is 2. The van der Waals surface area contributed by atoms with Crippen molar-refractivity contribution in [2.75, 3.05) is 25.0 Å². The van der Waals surface area contributed by atoms with Crippen LogP contribution in [0.1, 0.15) is 33.6 Å². The largest absolute Gasteiger partial charge is 0.381 e. The molecule has 0 atom stereocenters. The maximum absolute atomic E-state index is 12.4. The summed E-state index contributed by atoms with van der Waals surface area (Å²) in [6.45, 7) is 6.91. The van der Waals surface area contributed by atoms with Crippen molar-refractivity contribution in [2.45, 2.75) is 49.4 Å². The van der Waals surface area contributed by atoms with E-state index in [0.29, 0.717) is 6.54 Å². The molecule has 0 saturated carbocycles. The number of sulfone groups is 1. The van der Waals surface area contributed by atoms with E-state index in [4.69, 9.17) is 5.73 Å². The topological polar surface area (TPSA) is 105 Å². The quantitative estimate of drug-likeness (QED) is 0.818. The molecule has 1 saturated heterocycles. The molecule has 0 unspecified atom stereocenters. The standard InChI is InChI=1S/C16H26N4O3S/c1-16(2,3)24(22,23)15-5-4-13(10-18-15)19-12-6-8-20(9-7-12)11-14(17)21/h4-5,10,12,19H,6-9,11H2,1-3H3,(H2,17,21). The summed E-state index contributed by atoms with van der Waals surface area (Å²) < 4.78 is 23.8. The van der Waals surface area contributed by atoms with Gasteiger partial charge in [-0.3, -0.25) is 9.69 Å². The Balaban J connectivity index is 1.95. The number of anilines is 1. The first kappa shape index (κ1) is 18.7. The number of nitrogens with two attached hydrogens (primary N) is 1. The third-order valence-corrected chi connectivity index (χ3v) is 6.56. The van der Waals surface area contributed by atoms with E-state index in [9.17, 15) is 13.2 Å². The number of carbonyl (C=O) groups is 1. The molecular formula is C16H26N4O3S. The number of primary amides is 1. The summed E-state index contributed by atoms with van der Waals surface area (Å²) in [4.78, 5) is 17.1. The van der Waals surface area contributed by atoms with Crippen LogP contribution in [0.15, 0.2) is 23.4 Å². The summed E-state index contributed by atoms with van der Waals surface area (Å²) in [7, 11) is -3.43. The monoisotopic (exact) mass is 354 g/mol. The van der Waals surface area contributed by atoms with E-state index >= 15 is 0 Å². The number of nitrogens with zero attached hydrogens (tertiary/aromatic N) is 2. The average molecular weight is 354 g/mol. The second kappa shape index (κ2) is 7.06. The molecule has 0 radical (unpaired) electrons. The van der Waals surface area contributed by atoms with Crippen LogP contribution in [-0.2, 0) is 14.6 Å². The Hall–Kier alpha value is -1.67. The van der Waals surface area contributed by atoms with Gasteiger partial charge in [-0.25, -0.2) is 13.4 Å². The first-order valence-corrected chi connectivity index (χ1v) is 9.56. The number of amides is 1. The van der Waals surface area contributed by atoms with E-state index < -0.39 is 14.6 Å². The minimum absolute atomic E-state index is 0.0943. The highest BCUT2D eigenvalue weighted by molar-refractivity contribution is 7.92. The Bertz CT molecular complexity index is 672.